The van der Waals surface area contributed by atoms with Crippen LogP contribution in [0.4, 0.5) is 0 Å². The van der Waals surface area contributed by atoms with Crippen LogP contribution in [0.1, 0.15) is 25.7 Å². The molecule has 3 rings (SSSR count). The zero-order chi connectivity index (χ0) is 13.4. The topological polar surface area (TPSA) is 58.8 Å². The Bertz CT molecular complexity index is 350. The van der Waals surface area contributed by atoms with Gasteiger partial charge in [-0.25, -0.2) is 0 Å². The average molecular weight is 267 g/mol. The van der Waals surface area contributed by atoms with Crippen LogP contribution in [0.5, 0.6) is 0 Å². The van der Waals surface area contributed by atoms with Gasteiger partial charge in [-0.15, -0.1) is 0 Å². The first kappa shape index (κ1) is 13.3. The smallest absolute Gasteiger partial charge is 0.223 e. The molecule has 1 amide bonds. The summed E-state index contributed by atoms with van der Waals surface area (Å²) < 4.78 is 5.78. The maximum Gasteiger partial charge on any atom is 0.223 e. The van der Waals surface area contributed by atoms with Crippen molar-refractivity contribution in [3.05, 3.63) is 0 Å². The van der Waals surface area contributed by atoms with E-state index in [1.807, 2.05) is 4.90 Å². The number of nitrogens with zero attached hydrogens (tertiary/aromatic N) is 2. The second-order valence-corrected chi connectivity index (χ2v) is 6.31. The minimum atomic E-state index is 0.208. The lowest BCUT2D eigenvalue weighted by Gasteiger charge is -2.33. The number of fused-ring (bicyclic) bond motifs is 1. The van der Waals surface area contributed by atoms with Crippen LogP contribution in [0.15, 0.2) is 0 Å². The number of likely N-dealkylation sites (N-methyl/N-ethyl adjacent to an activating group) is 1. The number of carbonyl (C=O) groups excluding carboxylic acids is 1. The molecule has 3 fully saturated rings. The first-order valence-electron chi connectivity index (χ1n) is 7.50. The molecule has 5 heteroatoms. The van der Waals surface area contributed by atoms with E-state index in [-0.39, 0.29) is 18.1 Å². The fourth-order valence-corrected chi connectivity index (χ4v) is 3.73. The van der Waals surface area contributed by atoms with Gasteiger partial charge < -0.3 is 15.4 Å². The number of likely N-dealkylation sites (tertiary alicyclic amines) is 1. The zero-order valence-electron chi connectivity index (χ0n) is 11.8. The summed E-state index contributed by atoms with van der Waals surface area (Å²) in [6.07, 6.45) is 4.21. The van der Waals surface area contributed by atoms with Crippen molar-refractivity contribution in [3.63, 3.8) is 0 Å². The van der Waals surface area contributed by atoms with E-state index in [0.29, 0.717) is 18.4 Å². The molecule has 0 aromatic rings. The minimum absolute atomic E-state index is 0.208. The molecule has 0 radical (unpaired) electrons. The third-order valence-corrected chi connectivity index (χ3v) is 5.09. The monoisotopic (exact) mass is 267 g/mol. The summed E-state index contributed by atoms with van der Waals surface area (Å²) in [7, 11) is 2.13. The number of hydrogen-bond donors (Lipinski definition) is 1. The van der Waals surface area contributed by atoms with Crippen molar-refractivity contribution in [2.24, 2.45) is 11.7 Å². The minimum Gasteiger partial charge on any atom is -0.373 e. The molecule has 2 heterocycles. The Labute approximate surface area is 115 Å². The highest BCUT2D eigenvalue weighted by molar-refractivity contribution is 5.77. The molecule has 0 aromatic heterocycles. The number of rotatable bonds is 2. The molecule has 0 bridgehead atoms. The summed E-state index contributed by atoms with van der Waals surface area (Å²) in [5.41, 5.74) is 6.06. The van der Waals surface area contributed by atoms with Gasteiger partial charge in [0.25, 0.3) is 0 Å². The quantitative estimate of drug-likeness (QED) is 0.768. The van der Waals surface area contributed by atoms with Crippen LogP contribution >= 0.6 is 0 Å². The number of nitrogens with two attached hydrogens (primary N) is 1. The molecule has 4 atom stereocenters. The summed E-state index contributed by atoms with van der Waals surface area (Å²) >= 11 is 0. The summed E-state index contributed by atoms with van der Waals surface area (Å²) in [6.45, 7) is 3.33. The predicted octanol–water partition coefficient (Wildman–Crippen LogP) is 0.0453. The number of ether oxygens (including phenoxy) is 1. The van der Waals surface area contributed by atoms with Crippen LogP contribution < -0.4 is 5.73 Å². The number of hydrogen-bond acceptors (Lipinski definition) is 4. The fourth-order valence-electron chi connectivity index (χ4n) is 3.73. The normalized spacial score (nSPS) is 39.6. The van der Waals surface area contributed by atoms with E-state index in [4.69, 9.17) is 10.5 Å². The van der Waals surface area contributed by atoms with Crippen LogP contribution in [0.2, 0.25) is 0 Å². The molecule has 0 spiro atoms. The zero-order valence-corrected chi connectivity index (χ0v) is 11.8. The van der Waals surface area contributed by atoms with Gasteiger partial charge >= 0.3 is 0 Å². The highest BCUT2D eigenvalue weighted by Gasteiger charge is 2.41. The van der Waals surface area contributed by atoms with E-state index in [1.165, 1.54) is 6.42 Å². The Balaban J connectivity index is 1.56. The van der Waals surface area contributed by atoms with Gasteiger partial charge in [-0.1, -0.05) is 6.42 Å². The van der Waals surface area contributed by atoms with Crippen LogP contribution in [0.3, 0.4) is 0 Å². The molecule has 1 saturated carbocycles. The highest BCUT2D eigenvalue weighted by Crippen LogP contribution is 2.29. The largest absolute Gasteiger partial charge is 0.373 e. The van der Waals surface area contributed by atoms with Gasteiger partial charge in [0.15, 0.2) is 0 Å². The maximum atomic E-state index is 12.4. The first-order chi connectivity index (χ1) is 9.15. The van der Waals surface area contributed by atoms with Crippen LogP contribution in [0.25, 0.3) is 0 Å². The van der Waals surface area contributed by atoms with Gasteiger partial charge in [-0.3, -0.25) is 9.69 Å². The van der Waals surface area contributed by atoms with Gasteiger partial charge in [0, 0.05) is 32.1 Å². The summed E-state index contributed by atoms with van der Waals surface area (Å²) in [4.78, 5) is 16.7. The van der Waals surface area contributed by atoms with Crippen molar-refractivity contribution < 1.29 is 9.53 Å². The van der Waals surface area contributed by atoms with Gasteiger partial charge in [0.2, 0.25) is 5.91 Å². The molecule has 2 aliphatic heterocycles. The van der Waals surface area contributed by atoms with Crippen LogP contribution in [-0.4, -0.2) is 67.2 Å². The third kappa shape index (κ3) is 2.64. The second-order valence-electron chi connectivity index (χ2n) is 6.31. The van der Waals surface area contributed by atoms with E-state index in [1.54, 1.807) is 0 Å². The lowest BCUT2D eigenvalue weighted by Crippen LogP contribution is -2.48. The molecular weight excluding hydrogens is 242 g/mol. The Hall–Kier alpha value is -0.650. The lowest BCUT2D eigenvalue weighted by molar-refractivity contribution is -0.131. The van der Waals surface area contributed by atoms with Crippen molar-refractivity contribution in [1.82, 2.24) is 9.80 Å². The average Bonchev–Trinajstić information content (AvgIpc) is 2.97. The Morgan fingerprint density at radius 3 is 2.89 bits per heavy atom. The number of morpholine rings is 1. The standard InChI is InChI=1S/C14H25N3O2/c1-16-5-6-19-13-9-17(8-12(13)16)14(18)7-10-3-2-4-11(10)15/h10-13H,2-9,15H2,1H3/t10-,11+,12?,13?/m0/s1. The van der Waals surface area contributed by atoms with E-state index >= 15 is 0 Å². The SMILES string of the molecule is CN1CCOC2CN(C(=O)C[C@@H]3CCC[C@H]3N)CC21. The Morgan fingerprint density at radius 2 is 2.21 bits per heavy atom. The van der Waals surface area contributed by atoms with E-state index in [2.05, 4.69) is 11.9 Å². The molecular formula is C14H25N3O2. The van der Waals surface area contributed by atoms with Crippen molar-refractivity contribution in [1.29, 1.82) is 0 Å². The van der Waals surface area contributed by atoms with Gasteiger partial charge in [0.05, 0.1) is 18.8 Å². The Kier molecular flexibility index (Phi) is 3.78. The van der Waals surface area contributed by atoms with E-state index in [9.17, 15) is 4.79 Å². The van der Waals surface area contributed by atoms with E-state index in [0.717, 1.165) is 39.1 Å². The van der Waals surface area contributed by atoms with Crippen molar-refractivity contribution in [2.75, 3.05) is 33.3 Å². The molecule has 2 saturated heterocycles. The molecule has 5 nitrogen and oxygen atoms in total. The maximum absolute atomic E-state index is 12.4. The van der Waals surface area contributed by atoms with Gasteiger partial charge in [-0.2, -0.15) is 0 Å². The van der Waals surface area contributed by atoms with Crippen molar-refractivity contribution in [3.8, 4) is 0 Å². The number of amides is 1. The highest BCUT2D eigenvalue weighted by atomic mass is 16.5. The van der Waals surface area contributed by atoms with Crippen LogP contribution in [-0.2, 0) is 9.53 Å². The fraction of sp³-hybridized carbons (Fsp3) is 0.929. The lowest BCUT2D eigenvalue weighted by atomic mass is 9.99. The van der Waals surface area contributed by atoms with Crippen molar-refractivity contribution >= 4 is 5.91 Å². The van der Waals surface area contributed by atoms with Crippen LogP contribution in [0, 0.1) is 5.92 Å². The molecule has 1 aliphatic carbocycles. The van der Waals surface area contributed by atoms with Gasteiger partial charge in [-0.05, 0) is 25.8 Å². The third-order valence-electron chi connectivity index (χ3n) is 5.09. The van der Waals surface area contributed by atoms with E-state index < -0.39 is 0 Å². The van der Waals surface area contributed by atoms with Gasteiger partial charge in [0.1, 0.15) is 0 Å². The van der Waals surface area contributed by atoms with Crippen molar-refractivity contribution in [2.45, 2.75) is 43.9 Å². The Morgan fingerprint density at radius 1 is 1.37 bits per heavy atom. The predicted molar refractivity (Wildman–Crippen MR) is 72.7 cm³/mol. The molecule has 108 valence electrons. The first-order valence-corrected chi connectivity index (χ1v) is 7.50. The molecule has 3 aliphatic rings. The summed E-state index contributed by atoms with van der Waals surface area (Å²) in [6, 6.07) is 0.614. The molecule has 2 unspecified atom stereocenters. The second kappa shape index (κ2) is 5.38. The summed E-state index contributed by atoms with van der Waals surface area (Å²) in [5, 5.41) is 0. The molecule has 2 N–H and O–H groups in total. The number of carbonyl (C=O) groups is 1. The molecule has 0 aromatic carbocycles. The summed E-state index contributed by atoms with van der Waals surface area (Å²) in [5.74, 6) is 0.669. The molecule has 19 heavy (non-hydrogen) atoms.